The fraction of sp³-hybridized carbons (Fsp3) is 0.375. The van der Waals surface area contributed by atoms with Crippen molar-refractivity contribution in [1.82, 2.24) is 14.8 Å². The molecule has 3 aromatic carbocycles. The van der Waals surface area contributed by atoms with Crippen LogP contribution in [0.2, 0.25) is 0 Å². The Balaban J connectivity index is 1.32. The molecular formula is C32H40N6O5S2. The van der Waals surface area contributed by atoms with Gasteiger partial charge in [-0.3, -0.25) is 19.3 Å². The number of nitrogens with one attached hydrogen (secondary N) is 2. The second-order valence-corrected chi connectivity index (χ2v) is 12.9. The largest absolute Gasteiger partial charge is 0.489 e. The van der Waals surface area contributed by atoms with Gasteiger partial charge in [0.15, 0.2) is 16.1 Å². The summed E-state index contributed by atoms with van der Waals surface area (Å²) in [5.74, 6) is 0.430. The van der Waals surface area contributed by atoms with E-state index in [9.17, 15) is 9.00 Å². The van der Waals surface area contributed by atoms with Gasteiger partial charge in [-0.2, -0.15) is 0 Å². The van der Waals surface area contributed by atoms with Gasteiger partial charge in [0.05, 0.1) is 36.0 Å². The molecule has 1 aromatic heterocycles. The van der Waals surface area contributed by atoms with Gasteiger partial charge in [0, 0.05) is 81.3 Å². The molecule has 11 nitrogen and oxygen atoms in total. The molecular weight excluding hydrogens is 613 g/mol. The van der Waals surface area contributed by atoms with Gasteiger partial charge in [-0.05, 0) is 30.3 Å². The monoisotopic (exact) mass is 652 g/mol. The number of rotatable bonds is 14. The Kier molecular flexibility index (Phi) is 11.4. The first-order valence-electron chi connectivity index (χ1n) is 14.8. The number of aliphatic hydroxyl groups is 1. The average molecular weight is 653 g/mol. The van der Waals surface area contributed by atoms with E-state index in [1.54, 1.807) is 7.11 Å². The number of carbonyl (C=O) groups is 1. The molecule has 0 spiro atoms. The molecule has 3 N–H and O–H groups in total. The number of piperazine rings is 1. The molecule has 5 rings (SSSR count). The van der Waals surface area contributed by atoms with Crippen molar-refractivity contribution in [2.75, 3.05) is 95.2 Å². The predicted octanol–water partition coefficient (Wildman–Crippen LogP) is 3.74. The van der Waals surface area contributed by atoms with Crippen LogP contribution in [0.5, 0.6) is 5.75 Å². The number of β-amino-alcohol motifs (C(OH)–C–C–N with tert-alkyl or cyclic N) is 1. The minimum atomic E-state index is -1.60. The number of thiazole rings is 1. The second-order valence-electron chi connectivity index (χ2n) is 10.9. The number of carbonyl (C=O) groups excluding carboxylic acids is 1. The van der Waals surface area contributed by atoms with Gasteiger partial charge < -0.3 is 24.8 Å². The summed E-state index contributed by atoms with van der Waals surface area (Å²) in [4.78, 5) is 24.4. The highest BCUT2D eigenvalue weighted by molar-refractivity contribution is 7.86. The fourth-order valence-corrected chi connectivity index (χ4v) is 7.02. The molecule has 1 unspecified atom stereocenters. The highest BCUT2D eigenvalue weighted by Gasteiger charge is 2.20. The van der Waals surface area contributed by atoms with Crippen molar-refractivity contribution in [3.05, 3.63) is 60.0 Å². The molecule has 1 amide bonds. The number of aromatic nitrogens is 1. The van der Waals surface area contributed by atoms with Crippen LogP contribution in [0, 0.1) is 0 Å². The summed E-state index contributed by atoms with van der Waals surface area (Å²) in [5.41, 5.74) is 3.08. The van der Waals surface area contributed by atoms with Crippen LogP contribution in [0.4, 0.5) is 16.5 Å². The molecule has 1 aliphatic rings. The maximum Gasteiger partial charge on any atom is 0.240 e. The van der Waals surface area contributed by atoms with Crippen molar-refractivity contribution in [1.29, 1.82) is 0 Å². The molecule has 45 heavy (non-hydrogen) atoms. The molecule has 1 atom stereocenters. The van der Waals surface area contributed by atoms with Gasteiger partial charge in [0.25, 0.3) is 0 Å². The number of methoxy groups -OCH3 is 1. The van der Waals surface area contributed by atoms with Crippen molar-refractivity contribution in [2.24, 2.45) is 0 Å². The molecule has 4 aromatic rings. The van der Waals surface area contributed by atoms with Crippen molar-refractivity contribution in [3.8, 4) is 17.0 Å². The lowest BCUT2D eigenvalue weighted by Gasteiger charge is -2.33. The second kappa shape index (κ2) is 15.6. The number of ether oxygens (including phenoxy) is 2. The van der Waals surface area contributed by atoms with Crippen molar-refractivity contribution < 1.29 is 23.6 Å². The Hall–Kier alpha value is -3.59. The zero-order valence-electron chi connectivity index (χ0n) is 25.8. The van der Waals surface area contributed by atoms with E-state index in [-0.39, 0.29) is 12.5 Å². The first-order valence-corrected chi connectivity index (χ1v) is 16.8. The van der Waals surface area contributed by atoms with Gasteiger partial charge in [-0.1, -0.05) is 24.3 Å². The zero-order valence-corrected chi connectivity index (χ0v) is 27.5. The normalized spacial score (nSPS) is 14.8. The summed E-state index contributed by atoms with van der Waals surface area (Å²) in [7, 11) is 3.99. The van der Waals surface area contributed by atoms with Gasteiger partial charge in [-0.25, -0.2) is 9.19 Å². The van der Waals surface area contributed by atoms with Gasteiger partial charge in [0.1, 0.15) is 12.4 Å². The molecule has 13 heteroatoms. The van der Waals surface area contributed by atoms with Crippen molar-refractivity contribution in [2.45, 2.75) is 4.90 Å². The van der Waals surface area contributed by atoms with Crippen LogP contribution in [0.1, 0.15) is 0 Å². The molecule has 0 saturated carbocycles. The Labute approximate surface area is 270 Å². The third-order valence-electron chi connectivity index (χ3n) is 7.56. The lowest BCUT2D eigenvalue weighted by atomic mass is 10.1. The van der Waals surface area contributed by atoms with Gasteiger partial charge in [0.2, 0.25) is 5.91 Å². The third kappa shape index (κ3) is 8.37. The molecule has 240 valence electrons. The summed E-state index contributed by atoms with van der Waals surface area (Å²) in [6.45, 7) is 5.07. The number of anilines is 3. The number of nitrogens with zero attached hydrogens (tertiary/aromatic N) is 4. The number of aliphatic hydroxyl groups excluding tert-OH is 1. The molecule has 1 saturated heterocycles. The number of benzene rings is 3. The minimum Gasteiger partial charge on any atom is -0.489 e. The first-order chi connectivity index (χ1) is 21.9. The molecule has 0 aliphatic carbocycles. The van der Waals surface area contributed by atoms with Gasteiger partial charge >= 0.3 is 0 Å². The van der Waals surface area contributed by atoms with Crippen LogP contribution in [-0.4, -0.2) is 110 Å². The third-order valence-corrected chi connectivity index (χ3v) is 9.48. The van der Waals surface area contributed by atoms with E-state index >= 15 is 0 Å². The average Bonchev–Trinajstić information content (AvgIpc) is 3.50. The van der Waals surface area contributed by atoms with Crippen LogP contribution < -0.4 is 19.7 Å². The summed E-state index contributed by atoms with van der Waals surface area (Å²) in [6, 6.07) is 17.4. The lowest BCUT2D eigenvalue weighted by molar-refractivity contribution is -0.117. The topological polar surface area (TPSA) is 120 Å². The number of amides is 1. The van der Waals surface area contributed by atoms with Crippen LogP contribution in [0.15, 0.2) is 64.9 Å². The molecule has 0 radical (unpaired) electrons. The summed E-state index contributed by atoms with van der Waals surface area (Å²) < 4.78 is 28.1. The molecule has 0 bridgehead atoms. The van der Waals surface area contributed by atoms with E-state index < -0.39 is 11.0 Å². The van der Waals surface area contributed by atoms with E-state index in [0.29, 0.717) is 53.5 Å². The van der Waals surface area contributed by atoms with E-state index in [2.05, 4.69) is 24.8 Å². The lowest BCUT2D eigenvalue weighted by Crippen LogP contribution is -2.49. The smallest absolute Gasteiger partial charge is 0.240 e. The SMILES string of the molecule is COCCOc1ccc(-c2csc(NC(=O)CN3CCN(CCO)CC3)n2)cc1NS(=O)c1cccc2c(N(C)C)cccc12. The Bertz CT molecular complexity index is 1620. The maximum atomic E-state index is 13.8. The van der Waals surface area contributed by atoms with Crippen LogP contribution in [0.3, 0.4) is 0 Å². The van der Waals surface area contributed by atoms with Crippen LogP contribution in [-0.2, 0) is 20.5 Å². The number of hydrogen-bond donors (Lipinski definition) is 3. The van der Waals surface area contributed by atoms with Crippen molar-refractivity contribution >= 4 is 55.5 Å². The summed E-state index contributed by atoms with van der Waals surface area (Å²) in [5, 5.41) is 16.4. The zero-order chi connectivity index (χ0) is 31.8. The number of fused-ring (bicyclic) bond motifs is 1. The van der Waals surface area contributed by atoms with E-state index in [1.807, 2.05) is 79.0 Å². The highest BCUT2D eigenvalue weighted by Crippen LogP contribution is 2.35. The Morgan fingerprint density at radius 2 is 1.80 bits per heavy atom. The van der Waals surface area contributed by atoms with E-state index in [4.69, 9.17) is 14.6 Å². The Morgan fingerprint density at radius 3 is 2.56 bits per heavy atom. The quantitative estimate of drug-likeness (QED) is 0.175. The highest BCUT2D eigenvalue weighted by atomic mass is 32.2. The first kappa shape index (κ1) is 32.8. The summed E-state index contributed by atoms with van der Waals surface area (Å²) >= 11 is 1.35. The van der Waals surface area contributed by atoms with Crippen LogP contribution in [0.25, 0.3) is 22.0 Å². The van der Waals surface area contributed by atoms with E-state index in [0.717, 1.165) is 48.2 Å². The molecule has 1 aliphatic heterocycles. The van der Waals surface area contributed by atoms with Crippen LogP contribution >= 0.6 is 11.3 Å². The van der Waals surface area contributed by atoms with Gasteiger partial charge in [-0.15, -0.1) is 11.3 Å². The molecule has 2 heterocycles. The standard InChI is InChI=1S/C32H40N6O5S2/c1-36(2)28-8-4-7-25-24(28)6-5-9-30(25)45(41)35-26-20-23(10-11-29(26)43-19-18-42-3)27-22-44-32(33-27)34-31(40)21-38-14-12-37(13-15-38)16-17-39/h4-11,20,22,35,39H,12-19,21H2,1-3H3,(H,33,34,40). The maximum absolute atomic E-state index is 13.8. The minimum absolute atomic E-state index is 0.112. The Morgan fingerprint density at radius 1 is 1.04 bits per heavy atom. The number of hydrogen-bond acceptors (Lipinski definition) is 10. The molecule has 1 fully saturated rings. The van der Waals surface area contributed by atoms with Crippen molar-refractivity contribution in [3.63, 3.8) is 0 Å². The van der Waals surface area contributed by atoms with E-state index in [1.165, 1.54) is 11.3 Å². The summed E-state index contributed by atoms with van der Waals surface area (Å²) in [6.07, 6.45) is 0. The predicted molar refractivity (Wildman–Crippen MR) is 182 cm³/mol. The fourth-order valence-electron chi connectivity index (χ4n) is 5.24.